The minimum absolute atomic E-state index is 0.103. The van der Waals surface area contributed by atoms with Crippen molar-refractivity contribution in [3.8, 4) is 11.3 Å². The van der Waals surface area contributed by atoms with E-state index in [4.69, 9.17) is 4.42 Å². The summed E-state index contributed by atoms with van der Waals surface area (Å²) in [6.45, 7) is 4.53. The fourth-order valence-corrected chi connectivity index (χ4v) is 4.58. The Balaban J connectivity index is 1.62. The van der Waals surface area contributed by atoms with Gasteiger partial charge in [-0.15, -0.1) is 11.3 Å². The second kappa shape index (κ2) is 6.89. The molecule has 2 aromatic heterocycles. The van der Waals surface area contributed by atoms with Gasteiger partial charge in [-0.05, 0) is 32.8 Å². The number of carbonyl (C=O) groups is 1. The maximum absolute atomic E-state index is 12.4. The number of hydrogen-bond donors (Lipinski definition) is 1. The Labute approximate surface area is 151 Å². The largest absolute Gasteiger partial charge is 0.466 e. The van der Waals surface area contributed by atoms with Crippen molar-refractivity contribution in [2.24, 2.45) is 5.92 Å². The van der Waals surface area contributed by atoms with Gasteiger partial charge in [0, 0.05) is 30.0 Å². The maximum atomic E-state index is 12.4. The number of hydrogen-bond acceptors (Lipinski definition) is 6. The Kier molecular flexibility index (Phi) is 4.99. The van der Waals surface area contributed by atoms with Crippen molar-refractivity contribution in [3.05, 3.63) is 23.0 Å². The average Bonchev–Trinajstić information content (AvgIpc) is 3.12. The molecular weight excluding hydrogens is 362 g/mol. The Bertz CT molecular complexity index is 877. The number of sulfonamides is 1. The van der Waals surface area contributed by atoms with Crippen molar-refractivity contribution in [1.82, 2.24) is 9.29 Å². The first-order valence-electron chi connectivity index (χ1n) is 8.03. The third-order valence-corrected chi connectivity index (χ3v) is 6.41. The lowest BCUT2D eigenvalue weighted by Crippen LogP contribution is -2.40. The van der Waals surface area contributed by atoms with Crippen molar-refractivity contribution in [3.63, 3.8) is 0 Å². The minimum Gasteiger partial charge on any atom is -0.466 e. The van der Waals surface area contributed by atoms with E-state index in [1.54, 1.807) is 0 Å². The standard InChI is InChI=1S/C16H21N3O4S2/c1-10-8-13(11(2)23-10)14-9-24-16(17-14)18-15(20)12-4-6-19(7-5-12)25(3,21)22/h8-9,12H,4-7H2,1-3H3,(H,17,18,20). The van der Waals surface area contributed by atoms with Gasteiger partial charge < -0.3 is 9.73 Å². The molecule has 1 N–H and O–H groups in total. The van der Waals surface area contributed by atoms with Crippen LogP contribution in [-0.4, -0.2) is 43.0 Å². The topological polar surface area (TPSA) is 92.5 Å². The number of nitrogens with zero attached hydrogens (tertiary/aromatic N) is 2. The molecule has 1 aliphatic rings. The number of anilines is 1. The number of furan rings is 1. The third kappa shape index (κ3) is 4.10. The van der Waals surface area contributed by atoms with Crippen LogP contribution in [0.5, 0.6) is 0 Å². The minimum atomic E-state index is -3.18. The lowest BCUT2D eigenvalue weighted by Gasteiger charge is -2.29. The van der Waals surface area contributed by atoms with E-state index in [1.807, 2.05) is 25.3 Å². The van der Waals surface area contributed by atoms with Crippen LogP contribution in [0.1, 0.15) is 24.4 Å². The molecule has 25 heavy (non-hydrogen) atoms. The number of nitrogens with one attached hydrogen (secondary N) is 1. The summed E-state index contributed by atoms with van der Waals surface area (Å²) in [5.74, 6) is 1.33. The molecule has 3 rings (SSSR count). The summed E-state index contributed by atoms with van der Waals surface area (Å²) in [7, 11) is -3.18. The molecule has 0 saturated carbocycles. The second-order valence-corrected chi connectivity index (χ2v) is 9.13. The second-order valence-electron chi connectivity index (χ2n) is 6.29. The van der Waals surface area contributed by atoms with Crippen LogP contribution in [-0.2, 0) is 14.8 Å². The monoisotopic (exact) mass is 383 g/mol. The molecule has 1 amide bonds. The van der Waals surface area contributed by atoms with Gasteiger partial charge in [0.15, 0.2) is 5.13 Å². The molecule has 3 heterocycles. The number of thiazole rings is 1. The molecule has 0 bridgehead atoms. The molecule has 0 radical (unpaired) electrons. The summed E-state index contributed by atoms with van der Waals surface area (Å²) in [5.41, 5.74) is 1.71. The normalized spacial score (nSPS) is 16.9. The van der Waals surface area contributed by atoms with Gasteiger partial charge in [-0.25, -0.2) is 17.7 Å². The van der Waals surface area contributed by atoms with Crippen LogP contribution in [0.25, 0.3) is 11.3 Å². The molecule has 1 saturated heterocycles. The molecule has 1 fully saturated rings. The fourth-order valence-electron chi connectivity index (χ4n) is 3.00. The van der Waals surface area contributed by atoms with E-state index in [9.17, 15) is 13.2 Å². The van der Waals surface area contributed by atoms with E-state index >= 15 is 0 Å². The molecule has 0 atom stereocenters. The number of aromatic nitrogens is 1. The highest BCUT2D eigenvalue weighted by Crippen LogP contribution is 2.30. The summed E-state index contributed by atoms with van der Waals surface area (Å²) < 4.78 is 30.0. The van der Waals surface area contributed by atoms with Gasteiger partial charge in [0.2, 0.25) is 15.9 Å². The molecule has 0 unspecified atom stereocenters. The number of rotatable bonds is 4. The van der Waals surface area contributed by atoms with Crippen LogP contribution in [0.15, 0.2) is 15.9 Å². The summed E-state index contributed by atoms with van der Waals surface area (Å²) in [6, 6.07) is 1.93. The zero-order chi connectivity index (χ0) is 18.2. The quantitative estimate of drug-likeness (QED) is 0.876. The number of aryl methyl sites for hydroxylation is 2. The van der Waals surface area contributed by atoms with Gasteiger partial charge in [-0.1, -0.05) is 0 Å². The van der Waals surface area contributed by atoms with Crippen LogP contribution >= 0.6 is 11.3 Å². The Morgan fingerprint density at radius 1 is 1.36 bits per heavy atom. The van der Waals surface area contributed by atoms with Crippen LogP contribution in [0.2, 0.25) is 0 Å². The average molecular weight is 383 g/mol. The molecule has 7 nitrogen and oxygen atoms in total. The first kappa shape index (κ1) is 18.1. The van der Waals surface area contributed by atoms with Crippen molar-refractivity contribution in [2.45, 2.75) is 26.7 Å². The van der Waals surface area contributed by atoms with Crippen LogP contribution in [0, 0.1) is 19.8 Å². The Hall–Kier alpha value is -1.71. The number of amides is 1. The lowest BCUT2D eigenvalue weighted by molar-refractivity contribution is -0.120. The van der Waals surface area contributed by atoms with Crippen molar-refractivity contribution >= 4 is 32.4 Å². The number of piperidine rings is 1. The highest BCUT2D eigenvalue weighted by Gasteiger charge is 2.29. The highest BCUT2D eigenvalue weighted by molar-refractivity contribution is 7.88. The predicted molar refractivity (Wildman–Crippen MR) is 97.1 cm³/mol. The van der Waals surface area contributed by atoms with E-state index in [0.717, 1.165) is 22.8 Å². The Morgan fingerprint density at radius 2 is 2.04 bits per heavy atom. The molecule has 2 aromatic rings. The van der Waals surface area contributed by atoms with E-state index in [2.05, 4.69) is 10.3 Å². The summed E-state index contributed by atoms with van der Waals surface area (Å²) in [4.78, 5) is 16.9. The zero-order valence-corrected chi connectivity index (χ0v) is 16.0. The smallest absolute Gasteiger partial charge is 0.229 e. The van der Waals surface area contributed by atoms with Gasteiger partial charge in [0.05, 0.1) is 11.9 Å². The molecule has 136 valence electrons. The van der Waals surface area contributed by atoms with E-state index in [-0.39, 0.29) is 11.8 Å². The van der Waals surface area contributed by atoms with Crippen LogP contribution in [0.3, 0.4) is 0 Å². The predicted octanol–water partition coefficient (Wildman–Crippen LogP) is 2.63. The van der Waals surface area contributed by atoms with E-state index in [0.29, 0.717) is 31.1 Å². The molecule has 9 heteroatoms. The van der Waals surface area contributed by atoms with Gasteiger partial charge >= 0.3 is 0 Å². The first-order chi connectivity index (χ1) is 11.7. The SMILES string of the molecule is Cc1cc(-c2csc(NC(=O)C3CCN(S(C)(=O)=O)CC3)n2)c(C)o1. The molecule has 0 aliphatic carbocycles. The summed E-state index contributed by atoms with van der Waals surface area (Å²) in [6.07, 6.45) is 2.25. The van der Waals surface area contributed by atoms with E-state index in [1.165, 1.54) is 21.9 Å². The molecule has 1 aliphatic heterocycles. The molecule has 0 aromatic carbocycles. The van der Waals surface area contributed by atoms with Crippen LogP contribution in [0.4, 0.5) is 5.13 Å². The maximum Gasteiger partial charge on any atom is 0.229 e. The van der Waals surface area contributed by atoms with Crippen LogP contribution < -0.4 is 5.32 Å². The third-order valence-electron chi connectivity index (χ3n) is 4.34. The fraction of sp³-hybridized carbons (Fsp3) is 0.500. The Morgan fingerprint density at radius 3 is 2.60 bits per heavy atom. The number of carbonyl (C=O) groups excluding carboxylic acids is 1. The van der Waals surface area contributed by atoms with E-state index < -0.39 is 10.0 Å². The summed E-state index contributed by atoms with van der Waals surface area (Å²) in [5, 5.41) is 5.28. The van der Waals surface area contributed by atoms with Gasteiger partial charge in [0.25, 0.3) is 0 Å². The molecular formula is C16H21N3O4S2. The molecule has 0 spiro atoms. The van der Waals surface area contributed by atoms with Crippen molar-refractivity contribution in [2.75, 3.05) is 24.7 Å². The summed E-state index contributed by atoms with van der Waals surface area (Å²) >= 11 is 1.37. The zero-order valence-electron chi connectivity index (χ0n) is 14.4. The van der Waals surface area contributed by atoms with Crippen molar-refractivity contribution in [1.29, 1.82) is 0 Å². The van der Waals surface area contributed by atoms with Gasteiger partial charge in [-0.3, -0.25) is 4.79 Å². The highest BCUT2D eigenvalue weighted by atomic mass is 32.2. The van der Waals surface area contributed by atoms with Gasteiger partial charge in [-0.2, -0.15) is 0 Å². The van der Waals surface area contributed by atoms with Crippen molar-refractivity contribution < 1.29 is 17.6 Å². The van der Waals surface area contributed by atoms with Gasteiger partial charge in [0.1, 0.15) is 11.5 Å². The lowest BCUT2D eigenvalue weighted by atomic mass is 9.97. The first-order valence-corrected chi connectivity index (χ1v) is 10.8.